The van der Waals surface area contributed by atoms with Crippen LogP contribution in [-0.4, -0.2) is 21.9 Å². The third-order valence-electron chi connectivity index (χ3n) is 5.23. The van der Waals surface area contributed by atoms with E-state index < -0.39 is 0 Å². The quantitative estimate of drug-likeness (QED) is 0.309. The zero-order chi connectivity index (χ0) is 22.7. The highest BCUT2D eigenvalue weighted by Crippen LogP contribution is 2.32. The molecular formula is C26H26FN3OS. The fourth-order valence-electron chi connectivity index (χ4n) is 3.41. The molecule has 1 heterocycles. The van der Waals surface area contributed by atoms with Crippen molar-refractivity contribution in [2.24, 2.45) is 0 Å². The number of nitrogens with zero attached hydrogens (tertiary/aromatic N) is 3. The van der Waals surface area contributed by atoms with E-state index in [1.807, 2.05) is 34.9 Å². The third-order valence-corrected chi connectivity index (χ3v) is 6.23. The molecule has 4 rings (SSSR count). The average Bonchev–Trinajstić information content (AvgIpc) is 3.21. The number of methoxy groups -OCH3 is 1. The van der Waals surface area contributed by atoms with Crippen molar-refractivity contribution in [1.29, 1.82) is 0 Å². The minimum absolute atomic E-state index is 0.0775. The minimum atomic E-state index is -0.237. The van der Waals surface area contributed by atoms with Crippen LogP contribution in [0.1, 0.15) is 31.9 Å². The second-order valence-electron chi connectivity index (χ2n) is 8.59. The molecule has 0 saturated carbocycles. The van der Waals surface area contributed by atoms with E-state index in [0.717, 1.165) is 33.5 Å². The highest BCUT2D eigenvalue weighted by molar-refractivity contribution is 7.98. The number of benzene rings is 3. The van der Waals surface area contributed by atoms with E-state index >= 15 is 0 Å². The van der Waals surface area contributed by atoms with Gasteiger partial charge in [0, 0.05) is 17.0 Å². The summed E-state index contributed by atoms with van der Waals surface area (Å²) in [4.78, 5) is 0. The molecular weight excluding hydrogens is 421 g/mol. The number of rotatable bonds is 6. The molecule has 0 N–H and O–H groups in total. The van der Waals surface area contributed by atoms with Gasteiger partial charge in [0.05, 0.1) is 7.11 Å². The van der Waals surface area contributed by atoms with Crippen molar-refractivity contribution in [2.45, 2.75) is 37.1 Å². The molecule has 0 unspecified atom stereocenters. The van der Waals surface area contributed by atoms with E-state index in [1.165, 1.54) is 23.4 Å². The Morgan fingerprint density at radius 3 is 2.28 bits per heavy atom. The first kappa shape index (κ1) is 22.1. The summed E-state index contributed by atoms with van der Waals surface area (Å²) in [7, 11) is 1.65. The van der Waals surface area contributed by atoms with E-state index in [4.69, 9.17) is 4.74 Å². The van der Waals surface area contributed by atoms with Gasteiger partial charge in [-0.2, -0.15) is 0 Å². The first-order chi connectivity index (χ1) is 15.3. The van der Waals surface area contributed by atoms with E-state index in [0.29, 0.717) is 5.75 Å². The Morgan fingerprint density at radius 1 is 0.938 bits per heavy atom. The number of halogens is 1. The molecule has 0 amide bonds. The molecule has 1 aromatic heterocycles. The summed E-state index contributed by atoms with van der Waals surface area (Å²) < 4.78 is 20.9. The van der Waals surface area contributed by atoms with E-state index in [2.05, 4.69) is 55.2 Å². The normalized spacial score (nSPS) is 11.5. The van der Waals surface area contributed by atoms with E-state index in [1.54, 1.807) is 19.2 Å². The highest BCUT2D eigenvalue weighted by atomic mass is 32.2. The molecule has 0 aliphatic heterocycles. The summed E-state index contributed by atoms with van der Waals surface area (Å²) in [5.41, 5.74) is 4.16. The van der Waals surface area contributed by atoms with Crippen LogP contribution in [0.3, 0.4) is 0 Å². The topological polar surface area (TPSA) is 39.9 Å². The summed E-state index contributed by atoms with van der Waals surface area (Å²) in [6.07, 6.45) is 0. The second-order valence-corrected chi connectivity index (χ2v) is 9.53. The summed E-state index contributed by atoms with van der Waals surface area (Å²) in [6.45, 7) is 6.59. The summed E-state index contributed by atoms with van der Waals surface area (Å²) in [5, 5.41) is 9.73. The number of hydrogen-bond donors (Lipinski definition) is 0. The lowest BCUT2D eigenvalue weighted by Gasteiger charge is -2.19. The highest BCUT2D eigenvalue weighted by Gasteiger charge is 2.18. The van der Waals surface area contributed by atoms with Crippen LogP contribution >= 0.6 is 11.8 Å². The molecule has 0 bridgehead atoms. The number of thioether (sulfide) groups is 1. The molecule has 3 aromatic carbocycles. The number of ether oxygens (including phenoxy) is 1. The molecule has 164 valence electrons. The monoisotopic (exact) mass is 447 g/mol. The van der Waals surface area contributed by atoms with Gasteiger partial charge in [-0.25, -0.2) is 4.39 Å². The maximum atomic E-state index is 13.6. The summed E-state index contributed by atoms with van der Waals surface area (Å²) >= 11 is 1.53. The van der Waals surface area contributed by atoms with Gasteiger partial charge in [-0.1, -0.05) is 68.9 Å². The Hall–Kier alpha value is -3.12. The van der Waals surface area contributed by atoms with Crippen molar-refractivity contribution in [3.8, 4) is 22.8 Å². The first-order valence-corrected chi connectivity index (χ1v) is 11.4. The van der Waals surface area contributed by atoms with Crippen molar-refractivity contribution < 1.29 is 9.13 Å². The lowest BCUT2D eigenvalue weighted by Crippen LogP contribution is -2.10. The van der Waals surface area contributed by atoms with Gasteiger partial charge >= 0.3 is 0 Å². The van der Waals surface area contributed by atoms with Crippen molar-refractivity contribution in [3.05, 3.63) is 89.7 Å². The molecule has 4 aromatic rings. The third kappa shape index (κ3) is 4.86. The fraction of sp³-hybridized carbons (Fsp3) is 0.231. The first-order valence-electron chi connectivity index (χ1n) is 10.4. The van der Waals surface area contributed by atoms with Crippen LogP contribution in [0, 0.1) is 5.82 Å². The smallest absolute Gasteiger partial charge is 0.196 e. The molecule has 0 aliphatic rings. The van der Waals surface area contributed by atoms with Gasteiger partial charge in [0.15, 0.2) is 11.0 Å². The Kier molecular flexibility index (Phi) is 6.33. The van der Waals surface area contributed by atoms with Gasteiger partial charge in [0.2, 0.25) is 0 Å². The van der Waals surface area contributed by atoms with Crippen molar-refractivity contribution in [3.63, 3.8) is 0 Å². The fourth-order valence-corrected chi connectivity index (χ4v) is 4.30. The molecule has 0 spiro atoms. The van der Waals surface area contributed by atoms with Crippen molar-refractivity contribution >= 4 is 11.8 Å². The standard InChI is InChI=1S/C26H26FN3OS/c1-26(2,3)20-10-8-19(9-11-20)24-28-29-25(32-17-18-6-5-7-21(27)16-18)30(24)22-12-14-23(31-4)15-13-22/h5-16H,17H2,1-4H3. The average molecular weight is 448 g/mol. The number of aromatic nitrogens is 3. The van der Waals surface area contributed by atoms with Gasteiger partial charge in [0.25, 0.3) is 0 Å². The SMILES string of the molecule is COc1ccc(-n2c(SCc3cccc(F)c3)nnc2-c2ccc(C(C)(C)C)cc2)cc1. The van der Waals surface area contributed by atoms with Gasteiger partial charge in [0.1, 0.15) is 11.6 Å². The molecule has 0 saturated heterocycles. The Labute approximate surface area is 192 Å². The van der Waals surface area contributed by atoms with Crippen LogP contribution in [0.4, 0.5) is 4.39 Å². The predicted octanol–water partition coefficient (Wildman–Crippen LogP) is 6.67. The van der Waals surface area contributed by atoms with Gasteiger partial charge < -0.3 is 4.74 Å². The summed E-state index contributed by atoms with van der Waals surface area (Å²) in [5.74, 6) is 1.90. The summed E-state index contributed by atoms with van der Waals surface area (Å²) in [6, 6.07) is 22.9. The Balaban J connectivity index is 1.72. The molecule has 0 atom stereocenters. The molecule has 0 radical (unpaired) electrons. The van der Waals surface area contributed by atoms with Gasteiger partial charge in [-0.15, -0.1) is 10.2 Å². The predicted molar refractivity (Wildman–Crippen MR) is 128 cm³/mol. The van der Waals surface area contributed by atoms with Crippen molar-refractivity contribution in [1.82, 2.24) is 14.8 Å². The lowest BCUT2D eigenvalue weighted by atomic mass is 9.87. The number of hydrogen-bond acceptors (Lipinski definition) is 4. The second kappa shape index (κ2) is 9.17. The van der Waals surface area contributed by atoms with Crippen LogP contribution in [0.5, 0.6) is 5.75 Å². The molecule has 32 heavy (non-hydrogen) atoms. The maximum Gasteiger partial charge on any atom is 0.196 e. The molecule has 6 heteroatoms. The van der Waals surface area contributed by atoms with E-state index in [9.17, 15) is 4.39 Å². The Bertz CT molecular complexity index is 1200. The zero-order valence-electron chi connectivity index (χ0n) is 18.7. The molecule has 0 fully saturated rings. The van der Waals surface area contributed by atoms with Gasteiger partial charge in [-0.05, 0) is 52.9 Å². The van der Waals surface area contributed by atoms with E-state index in [-0.39, 0.29) is 11.2 Å². The largest absolute Gasteiger partial charge is 0.497 e. The minimum Gasteiger partial charge on any atom is -0.497 e. The molecule has 0 aliphatic carbocycles. The molecule has 4 nitrogen and oxygen atoms in total. The van der Waals surface area contributed by atoms with Gasteiger partial charge in [-0.3, -0.25) is 4.57 Å². The maximum absolute atomic E-state index is 13.6. The van der Waals surface area contributed by atoms with Crippen LogP contribution < -0.4 is 4.74 Å². The Morgan fingerprint density at radius 2 is 1.66 bits per heavy atom. The van der Waals surface area contributed by atoms with Crippen LogP contribution in [0.15, 0.2) is 78.0 Å². The van der Waals surface area contributed by atoms with Crippen LogP contribution in [0.2, 0.25) is 0 Å². The lowest BCUT2D eigenvalue weighted by molar-refractivity contribution is 0.414. The van der Waals surface area contributed by atoms with Crippen LogP contribution in [-0.2, 0) is 11.2 Å². The van der Waals surface area contributed by atoms with Crippen molar-refractivity contribution in [2.75, 3.05) is 7.11 Å². The zero-order valence-corrected chi connectivity index (χ0v) is 19.5. The van der Waals surface area contributed by atoms with Crippen LogP contribution in [0.25, 0.3) is 17.1 Å².